The second-order valence-electron chi connectivity index (χ2n) is 7.32. The van der Waals surface area contributed by atoms with Crippen molar-refractivity contribution in [2.24, 2.45) is 0 Å². The normalized spacial score (nSPS) is 13.4. The molecule has 3 aromatic carbocycles. The summed E-state index contributed by atoms with van der Waals surface area (Å²) in [5.74, 6) is 0.101. The first-order chi connectivity index (χ1) is 15.0. The first kappa shape index (κ1) is 19.0. The van der Waals surface area contributed by atoms with Gasteiger partial charge in [-0.1, -0.05) is 36.4 Å². The molecule has 2 heterocycles. The molecule has 1 unspecified atom stereocenters. The standard InChI is InChI=1S/C24H19NO6/c1-13-17-9-7-15-5-3-4-6-18(15)22(17)31-21(13)24(27)30-14(2)23(26)25-16-8-10-19-20(11-16)29-12-28-19/h3-11,14H,12H2,1-2H3,(H,25,26). The molecule has 7 heteroatoms. The molecule has 0 spiro atoms. The molecule has 1 aliphatic heterocycles. The molecule has 1 atom stereocenters. The summed E-state index contributed by atoms with van der Waals surface area (Å²) in [5, 5.41) is 5.47. The van der Waals surface area contributed by atoms with E-state index in [1.54, 1.807) is 25.1 Å². The molecule has 4 aromatic rings. The van der Waals surface area contributed by atoms with Gasteiger partial charge in [0.25, 0.3) is 5.91 Å². The van der Waals surface area contributed by atoms with Crippen LogP contribution in [0.5, 0.6) is 11.5 Å². The van der Waals surface area contributed by atoms with Gasteiger partial charge in [-0.3, -0.25) is 4.79 Å². The van der Waals surface area contributed by atoms with Gasteiger partial charge in [0, 0.05) is 28.1 Å². The Labute approximate surface area is 177 Å². The fourth-order valence-corrected chi connectivity index (χ4v) is 3.63. The number of carbonyl (C=O) groups excluding carboxylic acids is 2. The highest BCUT2D eigenvalue weighted by molar-refractivity contribution is 6.08. The van der Waals surface area contributed by atoms with Gasteiger partial charge in [-0.15, -0.1) is 0 Å². The Morgan fingerprint density at radius 1 is 1.00 bits per heavy atom. The lowest BCUT2D eigenvalue weighted by molar-refractivity contribution is -0.123. The quantitative estimate of drug-likeness (QED) is 0.480. The van der Waals surface area contributed by atoms with Crippen LogP contribution in [-0.2, 0) is 9.53 Å². The largest absolute Gasteiger partial charge is 0.454 e. The van der Waals surface area contributed by atoms with Gasteiger partial charge in [-0.05, 0) is 31.4 Å². The van der Waals surface area contributed by atoms with Crippen molar-refractivity contribution in [2.45, 2.75) is 20.0 Å². The van der Waals surface area contributed by atoms with E-state index in [1.165, 1.54) is 6.92 Å². The first-order valence-electron chi connectivity index (χ1n) is 9.83. The van der Waals surface area contributed by atoms with Gasteiger partial charge in [0.05, 0.1) is 0 Å². The third kappa shape index (κ3) is 3.34. The summed E-state index contributed by atoms with van der Waals surface area (Å²) >= 11 is 0. The van der Waals surface area contributed by atoms with E-state index in [4.69, 9.17) is 18.6 Å². The molecule has 1 aliphatic rings. The van der Waals surface area contributed by atoms with Crippen molar-refractivity contribution in [3.8, 4) is 11.5 Å². The van der Waals surface area contributed by atoms with Gasteiger partial charge < -0.3 is 23.9 Å². The van der Waals surface area contributed by atoms with Crippen LogP contribution in [0.15, 0.2) is 59.0 Å². The van der Waals surface area contributed by atoms with Crippen LogP contribution in [0.2, 0.25) is 0 Å². The van der Waals surface area contributed by atoms with E-state index in [0.717, 1.165) is 16.2 Å². The van der Waals surface area contributed by atoms with Crippen LogP contribution in [-0.4, -0.2) is 24.8 Å². The van der Waals surface area contributed by atoms with E-state index < -0.39 is 18.0 Å². The number of hydrogen-bond donors (Lipinski definition) is 1. The fourth-order valence-electron chi connectivity index (χ4n) is 3.63. The van der Waals surface area contributed by atoms with Crippen molar-refractivity contribution in [1.82, 2.24) is 0 Å². The Hall–Kier alpha value is -4.00. The Bertz CT molecular complexity index is 1340. The zero-order valence-corrected chi connectivity index (χ0v) is 16.9. The summed E-state index contributed by atoms with van der Waals surface area (Å²) in [6.45, 7) is 3.45. The van der Waals surface area contributed by atoms with Gasteiger partial charge >= 0.3 is 5.97 Å². The van der Waals surface area contributed by atoms with Crippen LogP contribution >= 0.6 is 0 Å². The number of hydrogen-bond acceptors (Lipinski definition) is 6. The Balaban J connectivity index is 1.34. The molecule has 1 N–H and O–H groups in total. The SMILES string of the molecule is Cc1c(C(=O)OC(C)C(=O)Nc2ccc3c(c2)OCO3)oc2c1ccc1ccccc12. The average Bonchev–Trinajstić information content (AvgIpc) is 3.37. The smallest absolute Gasteiger partial charge is 0.375 e. The predicted molar refractivity (Wildman–Crippen MR) is 115 cm³/mol. The summed E-state index contributed by atoms with van der Waals surface area (Å²) < 4.78 is 21.8. The highest BCUT2D eigenvalue weighted by Gasteiger charge is 2.25. The van der Waals surface area contributed by atoms with E-state index in [9.17, 15) is 9.59 Å². The van der Waals surface area contributed by atoms with Gasteiger partial charge in [0.1, 0.15) is 5.58 Å². The maximum atomic E-state index is 12.8. The fraction of sp³-hybridized carbons (Fsp3) is 0.167. The van der Waals surface area contributed by atoms with E-state index in [-0.39, 0.29) is 12.6 Å². The van der Waals surface area contributed by atoms with Crippen LogP contribution in [0.25, 0.3) is 21.7 Å². The summed E-state index contributed by atoms with van der Waals surface area (Å²) in [6.07, 6.45) is -1.03. The van der Waals surface area contributed by atoms with E-state index in [2.05, 4.69) is 5.32 Å². The minimum atomic E-state index is -1.03. The zero-order valence-electron chi connectivity index (χ0n) is 16.9. The monoisotopic (exact) mass is 417 g/mol. The topological polar surface area (TPSA) is 87.0 Å². The summed E-state index contributed by atoms with van der Waals surface area (Å²) in [5.41, 5.74) is 1.82. The second-order valence-corrected chi connectivity index (χ2v) is 7.32. The van der Waals surface area contributed by atoms with Crippen molar-refractivity contribution in [3.63, 3.8) is 0 Å². The molecule has 156 valence electrons. The third-order valence-corrected chi connectivity index (χ3v) is 5.31. The summed E-state index contributed by atoms with van der Waals surface area (Å²) in [7, 11) is 0. The molecular formula is C24H19NO6. The van der Waals surface area contributed by atoms with Gasteiger partial charge in [0.2, 0.25) is 12.6 Å². The maximum Gasteiger partial charge on any atom is 0.375 e. The van der Waals surface area contributed by atoms with Crippen LogP contribution in [0.4, 0.5) is 5.69 Å². The number of fused-ring (bicyclic) bond motifs is 4. The third-order valence-electron chi connectivity index (χ3n) is 5.31. The number of carbonyl (C=O) groups is 2. The molecule has 0 saturated heterocycles. The average molecular weight is 417 g/mol. The number of furan rings is 1. The number of ether oxygens (including phenoxy) is 3. The lowest BCUT2D eigenvalue weighted by Crippen LogP contribution is -2.30. The number of esters is 1. The Morgan fingerprint density at radius 2 is 1.81 bits per heavy atom. The number of amides is 1. The predicted octanol–water partition coefficient (Wildman–Crippen LogP) is 4.81. The molecule has 0 bridgehead atoms. The molecule has 31 heavy (non-hydrogen) atoms. The van der Waals surface area contributed by atoms with Crippen LogP contribution in [0.3, 0.4) is 0 Å². The lowest BCUT2D eigenvalue weighted by atomic mass is 10.1. The van der Waals surface area contributed by atoms with Crippen molar-refractivity contribution >= 4 is 39.3 Å². The molecule has 1 amide bonds. The van der Waals surface area contributed by atoms with Crippen molar-refractivity contribution < 1.29 is 28.2 Å². The minimum Gasteiger partial charge on any atom is -0.454 e. The number of anilines is 1. The number of benzene rings is 3. The van der Waals surface area contributed by atoms with E-state index >= 15 is 0 Å². The highest BCUT2D eigenvalue weighted by Crippen LogP contribution is 2.34. The number of aryl methyl sites for hydroxylation is 1. The van der Waals surface area contributed by atoms with Gasteiger partial charge in [-0.2, -0.15) is 0 Å². The molecule has 1 aromatic heterocycles. The Morgan fingerprint density at radius 3 is 2.68 bits per heavy atom. The molecule has 0 aliphatic carbocycles. The number of nitrogens with one attached hydrogen (secondary N) is 1. The van der Waals surface area contributed by atoms with Crippen LogP contribution in [0, 0.1) is 6.92 Å². The summed E-state index contributed by atoms with van der Waals surface area (Å²) in [4.78, 5) is 25.3. The van der Waals surface area contributed by atoms with Gasteiger partial charge in [0.15, 0.2) is 17.6 Å². The van der Waals surface area contributed by atoms with E-state index in [0.29, 0.717) is 28.3 Å². The minimum absolute atomic E-state index is 0.0917. The lowest BCUT2D eigenvalue weighted by Gasteiger charge is -2.13. The first-order valence-corrected chi connectivity index (χ1v) is 9.83. The zero-order chi connectivity index (χ0) is 21.5. The van der Waals surface area contributed by atoms with Gasteiger partial charge in [-0.25, -0.2) is 4.79 Å². The van der Waals surface area contributed by atoms with Crippen molar-refractivity contribution in [2.75, 3.05) is 12.1 Å². The molecular weight excluding hydrogens is 398 g/mol. The maximum absolute atomic E-state index is 12.8. The van der Waals surface area contributed by atoms with Crippen molar-refractivity contribution in [3.05, 3.63) is 65.9 Å². The Kier molecular flexibility index (Phi) is 4.51. The molecule has 0 fully saturated rings. The second kappa shape index (κ2) is 7.36. The molecule has 7 nitrogen and oxygen atoms in total. The molecule has 5 rings (SSSR count). The van der Waals surface area contributed by atoms with Crippen LogP contribution in [0.1, 0.15) is 23.0 Å². The molecule has 0 saturated carbocycles. The van der Waals surface area contributed by atoms with E-state index in [1.807, 2.05) is 36.4 Å². The summed E-state index contributed by atoms with van der Waals surface area (Å²) in [6, 6.07) is 16.7. The highest BCUT2D eigenvalue weighted by atomic mass is 16.7. The van der Waals surface area contributed by atoms with Crippen LogP contribution < -0.4 is 14.8 Å². The van der Waals surface area contributed by atoms with Crippen molar-refractivity contribution in [1.29, 1.82) is 0 Å². The molecule has 0 radical (unpaired) electrons. The number of rotatable bonds is 4.